The summed E-state index contributed by atoms with van der Waals surface area (Å²) in [7, 11) is 0. The van der Waals surface area contributed by atoms with Gasteiger partial charge in [0.05, 0.1) is 5.56 Å². The molecule has 15 heavy (non-hydrogen) atoms. The molecule has 0 aliphatic rings. The van der Waals surface area contributed by atoms with Crippen molar-refractivity contribution in [2.45, 2.75) is 11.8 Å². The van der Waals surface area contributed by atoms with E-state index in [1.54, 1.807) is 23.9 Å². The van der Waals surface area contributed by atoms with Crippen LogP contribution >= 0.6 is 35.0 Å². The lowest BCUT2D eigenvalue weighted by molar-refractivity contribution is 0.759. The first-order valence-electron chi connectivity index (χ1n) is 4.55. The molecular formula is C11H11Cl2NS. The third-order valence-electron chi connectivity index (χ3n) is 1.85. The Bertz CT molecular complexity index is 373. The van der Waals surface area contributed by atoms with Crippen LogP contribution in [0.5, 0.6) is 0 Å². The van der Waals surface area contributed by atoms with Crippen LogP contribution in [0.25, 0.3) is 0 Å². The Balaban J connectivity index is 2.73. The topological polar surface area (TPSA) is 23.8 Å². The van der Waals surface area contributed by atoms with Crippen molar-refractivity contribution in [2.24, 2.45) is 5.92 Å². The Morgan fingerprint density at radius 2 is 2.27 bits per heavy atom. The lowest BCUT2D eigenvalue weighted by Crippen LogP contribution is -1.99. The van der Waals surface area contributed by atoms with Crippen molar-refractivity contribution < 1.29 is 0 Å². The quantitative estimate of drug-likeness (QED) is 0.599. The van der Waals surface area contributed by atoms with Crippen LogP contribution in [0.1, 0.15) is 12.5 Å². The first-order valence-corrected chi connectivity index (χ1v) is 6.45. The first kappa shape index (κ1) is 12.7. The van der Waals surface area contributed by atoms with E-state index in [-0.39, 0.29) is 0 Å². The fourth-order valence-electron chi connectivity index (χ4n) is 0.992. The molecule has 4 heteroatoms. The Morgan fingerprint density at radius 3 is 2.87 bits per heavy atom. The number of alkyl halides is 1. The second-order valence-electron chi connectivity index (χ2n) is 3.32. The molecule has 80 valence electrons. The normalized spacial score (nSPS) is 12.1. The molecule has 1 rings (SSSR count). The molecule has 1 unspecified atom stereocenters. The smallest absolute Gasteiger partial charge is 0.100 e. The molecule has 0 N–H and O–H groups in total. The van der Waals surface area contributed by atoms with Crippen molar-refractivity contribution in [2.75, 3.05) is 11.6 Å². The van der Waals surface area contributed by atoms with Crippen LogP contribution in [0, 0.1) is 17.2 Å². The Kier molecular flexibility index (Phi) is 5.31. The molecule has 0 aliphatic heterocycles. The molecule has 1 aromatic rings. The molecule has 0 spiro atoms. The van der Waals surface area contributed by atoms with Gasteiger partial charge < -0.3 is 0 Å². The molecule has 0 saturated carbocycles. The molecule has 0 saturated heterocycles. The minimum atomic E-state index is 0.443. The summed E-state index contributed by atoms with van der Waals surface area (Å²) in [6, 6.07) is 7.51. The van der Waals surface area contributed by atoms with Gasteiger partial charge in [-0.05, 0) is 24.1 Å². The number of nitrogens with zero attached hydrogens (tertiary/aromatic N) is 1. The zero-order chi connectivity index (χ0) is 11.3. The van der Waals surface area contributed by atoms with Crippen molar-refractivity contribution in [3.8, 4) is 6.07 Å². The summed E-state index contributed by atoms with van der Waals surface area (Å²) in [5.41, 5.74) is 0.634. The predicted molar refractivity (Wildman–Crippen MR) is 66.8 cm³/mol. The summed E-state index contributed by atoms with van der Waals surface area (Å²) < 4.78 is 0. The Labute approximate surface area is 104 Å². The van der Waals surface area contributed by atoms with Gasteiger partial charge in [-0.25, -0.2) is 0 Å². The van der Waals surface area contributed by atoms with Crippen molar-refractivity contribution in [1.82, 2.24) is 0 Å². The van der Waals surface area contributed by atoms with E-state index in [0.29, 0.717) is 22.4 Å². The lowest BCUT2D eigenvalue weighted by atomic mass is 10.2. The maximum absolute atomic E-state index is 8.92. The molecule has 1 nitrogen and oxygen atoms in total. The summed E-state index contributed by atoms with van der Waals surface area (Å²) in [5.74, 6) is 2.00. The fraction of sp³-hybridized carbons (Fsp3) is 0.364. The SMILES string of the molecule is CC(CCl)CSc1ccc(Cl)cc1C#N. The van der Waals surface area contributed by atoms with E-state index in [1.807, 2.05) is 6.07 Å². The van der Waals surface area contributed by atoms with Crippen LogP contribution < -0.4 is 0 Å². The molecule has 0 heterocycles. The van der Waals surface area contributed by atoms with E-state index in [4.69, 9.17) is 28.5 Å². The number of hydrogen-bond donors (Lipinski definition) is 0. The van der Waals surface area contributed by atoms with Gasteiger partial charge in [0.15, 0.2) is 0 Å². The molecule has 0 aliphatic carbocycles. The lowest BCUT2D eigenvalue weighted by Gasteiger charge is -2.08. The van der Waals surface area contributed by atoms with Gasteiger partial charge in [0.1, 0.15) is 6.07 Å². The molecule has 0 radical (unpaired) electrons. The van der Waals surface area contributed by atoms with Gasteiger partial charge in [0.2, 0.25) is 0 Å². The van der Waals surface area contributed by atoms with E-state index >= 15 is 0 Å². The van der Waals surface area contributed by atoms with Crippen molar-refractivity contribution >= 4 is 35.0 Å². The number of thioether (sulfide) groups is 1. The molecule has 0 fully saturated rings. The minimum Gasteiger partial charge on any atom is -0.192 e. The highest BCUT2D eigenvalue weighted by Crippen LogP contribution is 2.26. The van der Waals surface area contributed by atoms with Crippen LogP contribution in [0.3, 0.4) is 0 Å². The van der Waals surface area contributed by atoms with E-state index < -0.39 is 0 Å². The third-order valence-corrected chi connectivity index (χ3v) is 4.01. The van der Waals surface area contributed by atoms with Gasteiger partial charge in [0, 0.05) is 21.6 Å². The highest BCUT2D eigenvalue weighted by atomic mass is 35.5. The van der Waals surface area contributed by atoms with E-state index in [1.165, 1.54) is 0 Å². The Hall–Kier alpha value is -0.360. The molecule has 0 aromatic heterocycles. The zero-order valence-corrected chi connectivity index (χ0v) is 10.7. The Morgan fingerprint density at radius 1 is 1.53 bits per heavy atom. The van der Waals surface area contributed by atoms with Crippen LogP contribution in [-0.2, 0) is 0 Å². The van der Waals surface area contributed by atoms with Crippen LogP contribution in [-0.4, -0.2) is 11.6 Å². The van der Waals surface area contributed by atoms with Crippen molar-refractivity contribution in [3.05, 3.63) is 28.8 Å². The standard InChI is InChI=1S/C11H11Cl2NS/c1-8(5-12)7-15-11-3-2-10(13)4-9(11)6-14/h2-4,8H,5,7H2,1H3. The van der Waals surface area contributed by atoms with Crippen LogP contribution in [0.4, 0.5) is 0 Å². The second kappa shape index (κ2) is 6.27. The average Bonchev–Trinajstić information content (AvgIpc) is 2.26. The maximum atomic E-state index is 8.92. The predicted octanol–water partition coefficient (Wildman–Crippen LogP) is 4.18. The molecule has 0 amide bonds. The van der Waals surface area contributed by atoms with Crippen LogP contribution in [0.15, 0.2) is 23.1 Å². The van der Waals surface area contributed by atoms with Gasteiger partial charge in [-0.2, -0.15) is 5.26 Å². The number of rotatable bonds is 4. The minimum absolute atomic E-state index is 0.443. The maximum Gasteiger partial charge on any atom is 0.100 e. The monoisotopic (exact) mass is 259 g/mol. The zero-order valence-electron chi connectivity index (χ0n) is 8.34. The summed E-state index contributed by atoms with van der Waals surface area (Å²) in [6.07, 6.45) is 0. The van der Waals surface area contributed by atoms with E-state index in [2.05, 4.69) is 13.0 Å². The fourth-order valence-corrected chi connectivity index (χ4v) is 2.41. The third kappa shape index (κ3) is 3.95. The number of halogens is 2. The highest BCUT2D eigenvalue weighted by Gasteiger charge is 2.06. The van der Waals surface area contributed by atoms with Gasteiger partial charge >= 0.3 is 0 Å². The van der Waals surface area contributed by atoms with Crippen LogP contribution in [0.2, 0.25) is 5.02 Å². The van der Waals surface area contributed by atoms with Gasteiger partial charge in [-0.3, -0.25) is 0 Å². The molecular weight excluding hydrogens is 249 g/mol. The van der Waals surface area contributed by atoms with Crippen molar-refractivity contribution in [3.63, 3.8) is 0 Å². The van der Waals surface area contributed by atoms with E-state index in [9.17, 15) is 0 Å². The summed E-state index contributed by atoms with van der Waals surface area (Å²) in [4.78, 5) is 0.971. The summed E-state index contributed by atoms with van der Waals surface area (Å²) in [5, 5.41) is 9.52. The largest absolute Gasteiger partial charge is 0.192 e. The first-order chi connectivity index (χ1) is 7.17. The van der Waals surface area contributed by atoms with Gasteiger partial charge in [0.25, 0.3) is 0 Å². The number of nitriles is 1. The second-order valence-corrected chi connectivity index (χ2v) is 5.13. The molecule has 1 aromatic carbocycles. The average molecular weight is 260 g/mol. The van der Waals surface area contributed by atoms with Gasteiger partial charge in [-0.15, -0.1) is 23.4 Å². The summed E-state index contributed by atoms with van der Waals surface area (Å²) >= 11 is 13.2. The molecule has 1 atom stereocenters. The highest BCUT2D eigenvalue weighted by molar-refractivity contribution is 7.99. The van der Waals surface area contributed by atoms with E-state index in [0.717, 1.165) is 10.6 Å². The van der Waals surface area contributed by atoms with Crippen molar-refractivity contribution in [1.29, 1.82) is 5.26 Å². The number of hydrogen-bond acceptors (Lipinski definition) is 2. The van der Waals surface area contributed by atoms with Gasteiger partial charge in [-0.1, -0.05) is 18.5 Å². The summed E-state index contributed by atoms with van der Waals surface area (Å²) in [6.45, 7) is 2.09. The number of benzene rings is 1. The molecule has 0 bridgehead atoms.